The van der Waals surface area contributed by atoms with Crippen molar-refractivity contribution in [2.24, 2.45) is 0 Å². The van der Waals surface area contributed by atoms with Crippen LogP contribution in [0.15, 0.2) is 39.8 Å². The average molecular weight is 285 g/mol. The lowest BCUT2D eigenvalue weighted by molar-refractivity contribution is -0.117. The Morgan fingerprint density at radius 1 is 1.38 bits per heavy atom. The Labute approximate surface area is 118 Å². The van der Waals surface area contributed by atoms with Crippen molar-refractivity contribution in [1.82, 2.24) is 20.2 Å². The number of carbonyl (C=O) groups is 1. The summed E-state index contributed by atoms with van der Waals surface area (Å²) >= 11 is 0. The van der Waals surface area contributed by atoms with E-state index in [2.05, 4.69) is 25.3 Å². The lowest BCUT2D eigenvalue weighted by atomic mass is 10.2. The average Bonchev–Trinajstić information content (AvgIpc) is 2.94. The summed E-state index contributed by atoms with van der Waals surface area (Å²) in [6.45, 7) is 1.65. The fraction of sp³-hybridized carbons (Fsp3) is 0.154. The van der Waals surface area contributed by atoms with Crippen molar-refractivity contribution in [1.29, 1.82) is 0 Å². The molecule has 1 N–H and O–H groups in total. The summed E-state index contributed by atoms with van der Waals surface area (Å²) in [5.74, 6) is -0.163. The van der Waals surface area contributed by atoms with E-state index in [4.69, 9.17) is 0 Å². The molecule has 3 aromatic rings. The molecule has 8 heteroatoms. The number of hydrogen-bond acceptors (Lipinski definition) is 6. The molecule has 1 aromatic carbocycles. The highest BCUT2D eigenvalue weighted by atomic mass is 16.5. The second-order valence-electron chi connectivity index (χ2n) is 4.51. The number of nitrogens with one attached hydrogen (secondary N) is 1. The predicted molar refractivity (Wildman–Crippen MR) is 73.7 cm³/mol. The maximum absolute atomic E-state index is 12.2. The van der Waals surface area contributed by atoms with E-state index in [1.807, 2.05) is 13.0 Å². The van der Waals surface area contributed by atoms with Crippen LogP contribution in [0, 0.1) is 6.92 Å². The Morgan fingerprint density at radius 2 is 2.24 bits per heavy atom. The van der Waals surface area contributed by atoms with Gasteiger partial charge >= 0.3 is 0 Å². The zero-order valence-corrected chi connectivity index (χ0v) is 11.1. The smallest absolute Gasteiger partial charge is 0.278 e. The Balaban J connectivity index is 1.87. The number of rotatable bonds is 3. The fourth-order valence-electron chi connectivity index (χ4n) is 1.89. The zero-order valence-electron chi connectivity index (χ0n) is 11.1. The van der Waals surface area contributed by atoms with Gasteiger partial charge in [-0.05, 0) is 24.6 Å². The molecule has 0 aliphatic carbocycles. The van der Waals surface area contributed by atoms with Gasteiger partial charge in [0.1, 0.15) is 18.3 Å². The van der Waals surface area contributed by atoms with E-state index in [1.165, 1.54) is 12.3 Å². The molecule has 2 heterocycles. The quantitative estimate of drug-likeness (QED) is 0.760. The van der Waals surface area contributed by atoms with E-state index < -0.39 is 5.91 Å². The van der Waals surface area contributed by atoms with Gasteiger partial charge < -0.3 is 9.84 Å². The molecular formula is C13H11N5O3. The topological polar surface area (TPSA) is 103 Å². The number of anilines is 1. The molecule has 21 heavy (non-hydrogen) atoms. The number of aryl methyl sites for hydroxylation is 1. The number of amides is 1. The van der Waals surface area contributed by atoms with Gasteiger partial charge in [0.2, 0.25) is 5.91 Å². The standard InChI is InChI=1S/C13H11N5O3/c1-8-2-3-9-10(6-8)15-17-18(13(9)20)7-12(19)14-11-4-5-21-16-11/h2-6H,7H2,1H3,(H,14,16,19). The number of nitrogens with zero attached hydrogens (tertiary/aromatic N) is 4. The molecule has 0 radical (unpaired) electrons. The van der Waals surface area contributed by atoms with Crippen LogP contribution >= 0.6 is 0 Å². The molecule has 8 nitrogen and oxygen atoms in total. The number of fused-ring (bicyclic) bond motifs is 1. The van der Waals surface area contributed by atoms with E-state index in [0.29, 0.717) is 10.9 Å². The summed E-state index contributed by atoms with van der Waals surface area (Å²) in [6, 6.07) is 6.75. The second-order valence-corrected chi connectivity index (χ2v) is 4.51. The van der Waals surface area contributed by atoms with Crippen LogP contribution in [0.3, 0.4) is 0 Å². The summed E-state index contributed by atoms with van der Waals surface area (Å²) < 4.78 is 5.60. The van der Waals surface area contributed by atoms with Crippen LogP contribution in [-0.2, 0) is 11.3 Å². The van der Waals surface area contributed by atoms with Crippen molar-refractivity contribution >= 4 is 22.6 Å². The first-order valence-corrected chi connectivity index (χ1v) is 6.18. The largest absolute Gasteiger partial charge is 0.363 e. The third-order valence-electron chi connectivity index (χ3n) is 2.88. The maximum Gasteiger partial charge on any atom is 0.278 e. The molecule has 3 rings (SSSR count). The molecule has 0 saturated heterocycles. The SMILES string of the molecule is Cc1ccc2c(=O)n(CC(=O)Nc3ccon3)nnc2c1. The van der Waals surface area contributed by atoms with Crippen molar-refractivity contribution in [3.63, 3.8) is 0 Å². The van der Waals surface area contributed by atoms with Crippen molar-refractivity contribution in [2.45, 2.75) is 13.5 Å². The van der Waals surface area contributed by atoms with Crippen LogP contribution < -0.4 is 10.9 Å². The van der Waals surface area contributed by atoms with E-state index in [1.54, 1.807) is 12.1 Å². The molecule has 0 unspecified atom stereocenters. The van der Waals surface area contributed by atoms with Crippen molar-refractivity contribution in [3.8, 4) is 0 Å². The first-order chi connectivity index (χ1) is 10.1. The van der Waals surface area contributed by atoms with Gasteiger partial charge in [-0.1, -0.05) is 16.4 Å². The molecule has 0 atom stereocenters. The van der Waals surface area contributed by atoms with Gasteiger partial charge in [0, 0.05) is 6.07 Å². The number of carbonyl (C=O) groups excluding carboxylic acids is 1. The van der Waals surface area contributed by atoms with Gasteiger partial charge in [0.15, 0.2) is 5.82 Å². The highest BCUT2D eigenvalue weighted by Crippen LogP contribution is 2.08. The lowest BCUT2D eigenvalue weighted by Crippen LogP contribution is -2.30. The minimum Gasteiger partial charge on any atom is -0.363 e. The molecule has 0 aliphatic rings. The first kappa shape index (κ1) is 13.0. The van der Waals surface area contributed by atoms with Gasteiger partial charge in [0.25, 0.3) is 5.56 Å². The summed E-state index contributed by atoms with van der Waals surface area (Å²) in [7, 11) is 0. The van der Waals surface area contributed by atoms with Gasteiger partial charge in [-0.25, -0.2) is 4.68 Å². The van der Waals surface area contributed by atoms with Gasteiger partial charge in [-0.2, -0.15) is 0 Å². The van der Waals surface area contributed by atoms with Crippen molar-refractivity contribution in [2.75, 3.05) is 5.32 Å². The minimum absolute atomic E-state index is 0.248. The molecule has 0 spiro atoms. The Bertz CT molecular complexity index is 854. The molecule has 2 aromatic heterocycles. The van der Waals surface area contributed by atoms with Crippen LogP contribution in [0.2, 0.25) is 0 Å². The van der Waals surface area contributed by atoms with Gasteiger partial charge in [0.05, 0.1) is 5.39 Å². The number of benzene rings is 1. The van der Waals surface area contributed by atoms with Crippen LogP contribution in [0.4, 0.5) is 5.82 Å². The fourth-order valence-corrected chi connectivity index (χ4v) is 1.89. The predicted octanol–water partition coefficient (Wildman–Crippen LogP) is 0.727. The third kappa shape index (κ3) is 2.64. The molecule has 0 bridgehead atoms. The van der Waals surface area contributed by atoms with Crippen LogP contribution in [0.5, 0.6) is 0 Å². The third-order valence-corrected chi connectivity index (χ3v) is 2.88. The molecule has 1 amide bonds. The Kier molecular flexibility index (Phi) is 3.19. The normalized spacial score (nSPS) is 10.7. The zero-order chi connectivity index (χ0) is 14.8. The van der Waals surface area contributed by atoms with Crippen LogP contribution in [-0.4, -0.2) is 26.1 Å². The maximum atomic E-state index is 12.2. The summed E-state index contributed by atoms with van der Waals surface area (Å²) in [4.78, 5) is 24.0. The summed E-state index contributed by atoms with van der Waals surface area (Å²) in [6.07, 6.45) is 1.33. The minimum atomic E-state index is -0.438. The van der Waals surface area contributed by atoms with Crippen molar-refractivity contribution in [3.05, 3.63) is 46.4 Å². The lowest BCUT2D eigenvalue weighted by Gasteiger charge is -2.05. The molecule has 0 aliphatic heterocycles. The second kappa shape index (κ2) is 5.16. The molecule has 0 saturated carbocycles. The van der Waals surface area contributed by atoms with E-state index in [9.17, 15) is 9.59 Å². The molecular weight excluding hydrogens is 274 g/mol. The van der Waals surface area contributed by atoms with Crippen molar-refractivity contribution < 1.29 is 9.32 Å². The van der Waals surface area contributed by atoms with E-state index in [0.717, 1.165) is 10.2 Å². The Hall–Kier alpha value is -3.03. The first-order valence-electron chi connectivity index (χ1n) is 6.18. The summed E-state index contributed by atoms with van der Waals surface area (Å²) in [5, 5.41) is 14.2. The number of hydrogen-bond donors (Lipinski definition) is 1. The van der Waals surface area contributed by atoms with E-state index >= 15 is 0 Å². The molecule has 0 fully saturated rings. The molecule has 106 valence electrons. The Morgan fingerprint density at radius 3 is 3.00 bits per heavy atom. The monoisotopic (exact) mass is 285 g/mol. The van der Waals surface area contributed by atoms with Gasteiger partial charge in [-0.15, -0.1) is 5.10 Å². The highest BCUT2D eigenvalue weighted by Gasteiger charge is 2.10. The number of aromatic nitrogens is 4. The van der Waals surface area contributed by atoms with Gasteiger partial charge in [-0.3, -0.25) is 9.59 Å². The van der Waals surface area contributed by atoms with Crippen LogP contribution in [0.25, 0.3) is 10.9 Å². The summed E-state index contributed by atoms with van der Waals surface area (Å²) in [5.41, 5.74) is 1.13. The highest BCUT2D eigenvalue weighted by molar-refractivity contribution is 5.89. The van der Waals surface area contributed by atoms with E-state index in [-0.39, 0.29) is 17.9 Å². The van der Waals surface area contributed by atoms with Crippen LogP contribution in [0.1, 0.15) is 5.56 Å².